The van der Waals surface area contributed by atoms with Crippen LogP contribution in [0.15, 0.2) is 12.1 Å². The molecular weight excluding hydrogens is 245 g/mol. The van der Waals surface area contributed by atoms with Crippen molar-refractivity contribution in [2.45, 2.75) is 46.5 Å². The van der Waals surface area contributed by atoms with E-state index in [0.29, 0.717) is 0 Å². The molecule has 0 aliphatic carbocycles. The van der Waals surface area contributed by atoms with Crippen molar-refractivity contribution in [2.75, 3.05) is 13.7 Å². The molecule has 1 unspecified atom stereocenters. The molecule has 3 heteroatoms. The number of hydrogen-bond donors (Lipinski definition) is 1. The molecule has 0 heterocycles. The molecule has 0 fully saturated rings. The van der Waals surface area contributed by atoms with Crippen LogP contribution in [0.1, 0.15) is 42.5 Å². The third-order valence-electron chi connectivity index (χ3n) is 3.72. The van der Waals surface area contributed by atoms with E-state index in [1.807, 2.05) is 0 Å². The van der Waals surface area contributed by atoms with Crippen molar-refractivity contribution in [2.24, 2.45) is 0 Å². The molecule has 0 bridgehead atoms. The van der Waals surface area contributed by atoms with E-state index >= 15 is 0 Å². The van der Waals surface area contributed by atoms with Crippen LogP contribution in [0.5, 0.6) is 5.75 Å². The first kappa shape index (κ1) is 16.8. The molecule has 1 atom stereocenters. The number of allylic oxidation sites excluding steroid dienone is 1. The van der Waals surface area contributed by atoms with E-state index in [4.69, 9.17) is 12.6 Å². The highest BCUT2D eigenvalue weighted by molar-refractivity contribution is 6.13. The van der Waals surface area contributed by atoms with Gasteiger partial charge in [0.25, 0.3) is 0 Å². The summed E-state index contributed by atoms with van der Waals surface area (Å²) in [5.41, 5.74) is 4.97. The quantitative estimate of drug-likeness (QED) is 0.761. The van der Waals surface area contributed by atoms with Crippen LogP contribution in [0.25, 0.3) is 6.08 Å². The average Bonchev–Trinajstić information content (AvgIpc) is 2.46. The lowest BCUT2D eigenvalue weighted by Crippen LogP contribution is -2.14. The van der Waals surface area contributed by atoms with Crippen molar-refractivity contribution < 1.29 is 4.74 Å². The minimum Gasteiger partial charge on any atom is -0.496 e. The molecule has 0 amide bonds. The summed E-state index contributed by atoms with van der Waals surface area (Å²) < 4.78 is 5.55. The van der Waals surface area contributed by atoms with E-state index in [9.17, 15) is 0 Å². The van der Waals surface area contributed by atoms with Gasteiger partial charge in [-0.3, -0.25) is 0 Å². The van der Waals surface area contributed by atoms with Crippen molar-refractivity contribution in [3.63, 3.8) is 0 Å². The molecule has 0 aliphatic heterocycles. The molecule has 1 aromatic carbocycles. The number of benzene rings is 1. The Labute approximate surface area is 125 Å². The van der Waals surface area contributed by atoms with E-state index in [-0.39, 0.29) is 5.82 Å². The van der Waals surface area contributed by atoms with Gasteiger partial charge in [0.15, 0.2) is 0 Å². The maximum atomic E-state index is 6.00. The summed E-state index contributed by atoms with van der Waals surface area (Å²) in [6, 6.07) is 2.11. The maximum absolute atomic E-state index is 6.00. The predicted molar refractivity (Wildman–Crippen MR) is 88.7 cm³/mol. The van der Waals surface area contributed by atoms with Crippen LogP contribution in [-0.2, 0) is 6.54 Å². The average molecular weight is 271 g/mol. The standard InChI is InChI=1S/C17H26BNO/c1-6-14(18)8-9-15-13(4)12(3)10-17(20-5)16(15)11-19-7-2/h8-10,14,19H,6-7,11H2,1-5H3/b9-8-. The van der Waals surface area contributed by atoms with E-state index in [1.54, 1.807) is 7.11 Å². The highest BCUT2D eigenvalue weighted by Crippen LogP contribution is 2.30. The summed E-state index contributed by atoms with van der Waals surface area (Å²) in [5.74, 6) is 1.05. The van der Waals surface area contributed by atoms with Crippen molar-refractivity contribution >= 4 is 13.9 Å². The highest BCUT2D eigenvalue weighted by atomic mass is 16.5. The maximum Gasteiger partial charge on any atom is 0.124 e. The molecule has 1 rings (SSSR count). The van der Waals surface area contributed by atoms with Crippen molar-refractivity contribution in [1.29, 1.82) is 0 Å². The van der Waals surface area contributed by atoms with Crippen LogP contribution in [0.3, 0.4) is 0 Å². The Morgan fingerprint density at radius 3 is 2.60 bits per heavy atom. The van der Waals surface area contributed by atoms with Gasteiger partial charge in [-0.1, -0.05) is 38.2 Å². The fraction of sp³-hybridized carbons (Fsp3) is 0.529. The molecule has 0 saturated heterocycles. The molecule has 2 nitrogen and oxygen atoms in total. The molecule has 1 aromatic rings. The summed E-state index contributed by atoms with van der Waals surface area (Å²) in [6.45, 7) is 10.2. The van der Waals surface area contributed by atoms with Gasteiger partial charge in [-0.25, -0.2) is 0 Å². The number of hydrogen-bond acceptors (Lipinski definition) is 2. The van der Waals surface area contributed by atoms with Crippen LogP contribution < -0.4 is 10.1 Å². The van der Waals surface area contributed by atoms with Crippen molar-refractivity contribution in [3.8, 4) is 5.75 Å². The second kappa shape index (κ2) is 8.16. The van der Waals surface area contributed by atoms with E-state index in [1.165, 1.54) is 22.3 Å². The SMILES string of the molecule is [B]C(/C=C\c1c(C)c(C)cc(OC)c1CNCC)CC. The molecule has 0 saturated carbocycles. The lowest BCUT2D eigenvalue weighted by molar-refractivity contribution is 0.407. The van der Waals surface area contributed by atoms with Gasteiger partial charge in [-0.15, -0.1) is 0 Å². The zero-order valence-corrected chi connectivity index (χ0v) is 13.4. The number of nitrogens with one attached hydrogen (secondary N) is 1. The number of aryl methyl sites for hydroxylation is 1. The molecule has 20 heavy (non-hydrogen) atoms. The first-order chi connectivity index (χ1) is 9.54. The normalized spacial score (nSPS) is 12.8. The van der Waals surface area contributed by atoms with Crippen molar-refractivity contribution in [1.82, 2.24) is 5.32 Å². The Morgan fingerprint density at radius 1 is 1.35 bits per heavy atom. The summed E-state index contributed by atoms with van der Waals surface area (Å²) in [5, 5.41) is 3.38. The van der Waals surface area contributed by atoms with Gasteiger partial charge in [0.2, 0.25) is 0 Å². The molecule has 2 radical (unpaired) electrons. The monoisotopic (exact) mass is 271 g/mol. The Balaban J connectivity index is 3.28. The molecule has 0 aliphatic rings. The van der Waals surface area contributed by atoms with Gasteiger partial charge < -0.3 is 10.1 Å². The number of methoxy groups -OCH3 is 1. The van der Waals surface area contributed by atoms with Crippen LogP contribution in [0.2, 0.25) is 5.82 Å². The Morgan fingerprint density at radius 2 is 2.05 bits per heavy atom. The van der Waals surface area contributed by atoms with E-state index < -0.39 is 0 Å². The zero-order valence-electron chi connectivity index (χ0n) is 13.4. The number of rotatable bonds is 7. The second-order valence-corrected chi connectivity index (χ2v) is 5.12. The van der Waals surface area contributed by atoms with Crippen LogP contribution >= 0.6 is 0 Å². The van der Waals surface area contributed by atoms with Gasteiger partial charge in [0.05, 0.1) is 15.0 Å². The fourth-order valence-electron chi connectivity index (χ4n) is 2.16. The molecular formula is C17H26BNO. The first-order valence-electron chi connectivity index (χ1n) is 7.36. The van der Waals surface area contributed by atoms with Crippen LogP contribution in [0, 0.1) is 13.8 Å². The largest absolute Gasteiger partial charge is 0.496 e. The van der Waals surface area contributed by atoms with Gasteiger partial charge in [0.1, 0.15) is 5.75 Å². The summed E-state index contributed by atoms with van der Waals surface area (Å²) in [4.78, 5) is 0. The van der Waals surface area contributed by atoms with E-state index in [2.05, 4.69) is 51.2 Å². The first-order valence-corrected chi connectivity index (χ1v) is 7.36. The predicted octanol–water partition coefficient (Wildman–Crippen LogP) is 3.80. The topological polar surface area (TPSA) is 21.3 Å². The Hall–Kier alpha value is -1.22. The lowest BCUT2D eigenvalue weighted by atomic mass is 9.84. The lowest BCUT2D eigenvalue weighted by Gasteiger charge is -2.17. The van der Waals surface area contributed by atoms with Gasteiger partial charge in [-0.2, -0.15) is 0 Å². The van der Waals surface area contributed by atoms with Crippen LogP contribution in [0.4, 0.5) is 0 Å². The Kier molecular flexibility index (Phi) is 6.87. The summed E-state index contributed by atoms with van der Waals surface area (Å²) in [6.07, 6.45) is 5.17. The molecule has 0 spiro atoms. The number of ether oxygens (including phenoxy) is 1. The third-order valence-corrected chi connectivity index (χ3v) is 3.72. The Bertz CT molecular complexity index is 469. The summed E-state index contributed by atoms with van der Waals surface area (Å²) >= 11 is 0. The molecule has 0 aromatic heterocycles. The van der Waals surface area contributed by atoms with Gasteiger partial charge >= 0.3 is 0 Å². The second-order valence-electron chi connectivity index (χ2n) is 5.12. The fourth-order valence-corrected chi connectivity index (χ4v) is 2.16. The summed E-state index contributed by atoms with van der Waals surface area (Å²) in [7, 11) is 7.72. The van der Waals surface area contributed by atoms with Crippen LogP contribution in [-0.4, -0.2) is 21.5 Å². The van der Waals surface area contributed by atoms with Gasteiger partial charge in [-0.05, 0) is 43.1 Å². The van der Waals surface area contributed by atoms with E-state index in [0.717, 1.165) is 25.3 Å². The minimum absolute atomic E-state index is 0.105. The molecule has 1 N–H and O–H groups in total. The van der Waals surface area contributed by atoms with Gasteiger partial charge in [0, 0.05) is 12.1 Å². The smallest absolute Gasteiger partial charge is 0.124 e. The van der Waals surface area contributed by atoms with Crippen molar-refractivity contribution in [3.05, 3.63) is 34.4 Å². The molecule has 108 valence electrons. The minimum atomic E-state index is 0.105. The zero-order chi connectivity index (χ0) is 15.1. The third kappa shape index (κ3) is 4.14. The highest BCUT2D eigenvalue weighted by Gasteiger charge is 2.12.